The summed E-state index contributed by atoms with van der Waals surface area (Å²) in [4.78, 5) is 0. The normalized spacial score (nSPS) is 22.7. The van der Waals surface area contributed by atoms with Gasteiger partial charge in [-0.25, -0.2) is 5.25 Å². The molecule has 0 radical (unpaired) electrons. The van der Waals surface area contributed by atoms with Gasteiger partial charge in [0.15, 0.2) is 0 Å². The molecule has 0 aromatic heterocycles. The Hall–Kier alpha value is 0.210. The molecule has 1 rings (SSSR count). The first-order valence-corrected chi connectivity index (χ1v) is 3.44. The van der Waals surface area contributed by atoms with Crippen molar-refractivity contribution < 1.29 is 4.74 Å². The van der Waals surface area contributed by atoms with Crippen molar-refractivity contribution in [3.05, 3.63) is 0 Å². The smallest absolute Gasteiger partial charge is 0.0517 e. The lowest BCUT2D eigenvalue weighted by molar-refractivity contribution is 0.167. The molecular weight excluding hydrogens is 138 g/mol. The van der Waals surface area contributed by atoms with Crippen molar-refractivity contribution in [2.24, 2.45) is 10.7 Å². The molecule has 0 unspecified atom stereocenters. The number of rotatable bonds is 0. The van der Waals surface area contributed by atoms with E-state index in [1.807, 2.05) is 0 Å². The summed E-state index contributed by atoms with van der Waals surface area (Å²) in [6.07, 6.45) is 1.23. The fourth-order valence-electron chi connectivity index (χ4n) is 0.769. The summed E-state index contributed by atoms with van der Waals surface area (Å²) in [5, 5.41) is 3.97. The molecule has 0 amide bonds. The van der Waals surface area contributed by atoms with E-state index in [2.05, 4.69) is 30.9 Å². The quantitative estimate of drug-likeness (QED) is 0.533. The zero-order chi connectivity index (χ0) is 7.33. The molecule has 3 heteroatoms. The summed E-state index contributed by atoms with van der Waals surface area (Å²) in [6.45, 7) is 6.39. The Balaban J connectivity index is 0.000000291. The Morgan fingerprint density at radius 3 is 2.11 bits per heavy atom. The van der Waals surface area contributed by atoms with E-state index in [-0.39, 0.29) is 0 Å². The topological polar surface area (TPSA) is 35.2 Å². The minimum Gasteiger partial charge on any atom is -0.381 e. The van der Waals surface area contributed by atoms with Gasteiger partial charge >= 0.3 is 0 Å². The van der Waals surface area contributed by atoms with Crippen LogP contribution in [0.15, 0.2) is 0 Å². The standard InChI is InChI=1S/C6H12O.ClH2N/c1-6(2)3-4-7-5-6;1-2/h3-5H2,1-2H3;2H2. The predicted octanol–water partition coefficient (Wildman–Crippen LogP) is 1.53. The molecule has 0 saturated carbocycles. The number of hydrogen-bond donors (Lipinski definition) is 1. The zero-order valence-electron chi connectivity index (χ0n) is 5.98. The summed E-state index contributed by atoms with van der Waals surface area (Å²) in [5.41, 5.74) is 0.472. The molecule has 2 nitrogen and oxygen atoms in total. The maximum absolute atomic E-state index is 5.16. The first-order valence-electron chi connectivity index (χ1n) is 3.00. The van der Waals surface area contributed by atoms with Gasteiger partial charge in [-0.05, 0) is 23.6 Å². The molecular formula is C6H14ClNO. The van der Waals surface area contributed by atoms with Gasteiger partial charge in [-0.3, -0.25) is 0 Å². The van der Waals surface area contributed by atoms with Gasteiger partial charge < -0.3 is 4.74 Å². The Bertz CT molecular complexity index is 67.5. The maximum Gasteiger partial charge on any atom is 0.0517 e. The van der Waals surface area contributed by atoms with Crippen molar-refractivity contribution in [2.75, 3.05) is 13.2 Å². The summed E-state index contributed by atoms with van der Waals surface area (Å²) in [5.74, 6) is 0. The third-order valence-corrected chi connectivity index (χ3v) is 1.42. The SMILES string of the molecule is CC1(C)CCOC1.NCl. The second-order valence-corrected chi connectivity index (χ2v) is 2.97. The van der Waals surface area contributed by atoms with Crippen LogP contribution in [0.1, 0.15) is 20.3 Å². The average molecular weight is 152 g/mol. The molecule has 1 aliphatic heterocycles. The molecule has 2 N–H and O–H groups in total. The molecule has 1 fully saturated rings. The van der Waals surface area contributed by atoms with E-state index in [4.69, 9.17) is 4.74 Å². The molecule has 56 valence electrons. The predicted molar refractivity (Wildman–Crippen MR) is 39.3 cm³/mol. The van der Waals surface area contributed by atoms with Crippen LogP contribution in [-0.2, 0) is 4.74 Å². The second-order valence-electron chi connectivity index (χ2n) is 2.97. The Kier molecular flexibility index (Phi) is 4.19. The third-order valence-electron chi connectivity index (χ3n) is 1.42. The lowest BCUT2D eigenvalue weighted by atomic mass is 9.94. The molecule has 0 aromatic carbocycles. The van der Waals surface area contributed by atoms with Gasteiger partial charge in [0.2, 0.25) is 0 Å². The van der Waals surface area contributed by atoms with Crippen molar-refractivity contribution in [2.45, 2.75) is 20.3 Å². The first-order chi connectivity index (χ1) is 4.21. The molecule has 1 aliphatic rings. The summed E-state index contributed by atoms with van der Waals surface area (Å²) < 4.78 is 5.16. The van der Waals surface area contributed by atoms with Crippen LogP contribution in [0, 0.1) is 5.41 Å². The molecule has 1 heterocycles. The molecule has 0 aromatic rings. The lowest BCUT2D eigenvalue weighted by Crippen LogP contribution is -2.08. The van der Waals surface area contributed by atoms with Gasteiger partial charge in [-0.1, -0.05) is 13.8 Å². The van der Waals surface area contributed by atoms with Gasteiger partial charge in [-0.2, -0.15) is 0 Å². The van der Waals surface area contributed by atoms with E-state index in [0.717, 1.165) is 13.2 Å². The Labute approximate surface area is 61.4 Å². The van der Waals surface area contributed by atoms with Crippen molar-refractivity contribution in [1.29, 1.82) is 0 Å². The highest BCUT2D eigenvalue weighted by atomic mass is 35.5. The van der Waals surface area contributed by atoms with E-state index < -0.39 is 0 Å². The van der Waals surface area contributed by atoms with E-state index in [1.54, 1.807) is 0 Å². The number of ether oxygens (including phenoxy) is 1. The monoisotopic (exact) mass is 151 g/mol. The maximum atomic E-state index is 5.16. The van der Waals surface area contributed by atoms with E-state index in [1.165, 1.54) is 6.42 Å². The fourth-order valence-corrected chi connectivity index (χ4v) is 0.769. The fraction of sp³-hybridized carbons (Fsp3) is 1.00. The lowest BCUT2D eigenvalue weighted by Gasteiger charge is -2.11. The summed E-state index contributed by atoms with van der Waals surface area (Å²) in [6, 6.07) is 0. The molecule has 0 atom stereocenters. The highest BCUT2D eigenvalue weighted by Crippen LogP contribution is 2.25. The highest BCUT2D eigenvalue weighted by Gasteiger charge is 2.22. The molecule has 1 saturated heterocycles. The van der Waals surface area contributed by atoms with Crippen LogP contribution < -0.4 is 5.25 Å². The number of hydrogen-bond acceptors (Lipinski definition) is 2. The average Bonchev–Trinajstić information content (AvgIpc) is 2.19. The highest BCUT2D eigenvalue weighted by molar-refractivity contribution is 6.11. The van der Waals surface area contributed by atoms with Gasteiger partial charge in [0, 0.05) is 6.61 Å². The van der Waals surface area contributed by atoms with E-state index in [0.29, 0.717) is 5.41 Å². The van der Waals surface area contributed by atoms with Crippen molar-refractivity contribution in [3.8, 4) is 0 Å². The van der Waals surface area contributed by atoms with Crippen molar-refractivity contribution in [1.82, 2.24) is 0 Å². The minimum atomic E-state index is 0.472. The Morgan fingerprint density at radius 1 is 1.44 bits per heavy atom. The molecule has 0 bridgehead atoms. The van der Waals surface area contributed by atoms with Crippen LogP contribution in [0.3, 0.4) is 0 Å². The van der Waals surface area contributed by atoms with Crippen LogP contribution >= 0.6 is 11.8 Å². The van der Waals surface area contributed by atoms with Crippen LogP contribution in [0.25, 0.3) is 0 Å². The van der Waals surface area contributed by atoms with Gasteiger partial charge in [-0.15, -0.1) is 0 Å². The van der Waals surface area contributed by atoms with E-state index in [9.17, 15) is 0 Å². The van der Waals surface area contributed by atoms with Crippen LogP contribution in [0.2, 0.25) is 0 Å². The van der Waals surface area contributed by atoms with Crippen LogP contribution in [0.5, 0.6) is 0 Å². The van der Waals surface area contributed by atoms with Gasteiger partial charge in [0.1, 0.15) is 0 Å². The minimum absolute atomic E-state index is 0.472. The van der Waals surface area contributed by atoms with E-state index >= 15 is 0 Å². The van der Waals surface area contributed by atoms with Crippen LogP contribution in [-0.4, -0.2) is 13.2 Å². The van der Waals surface area contributed by atoms with Crippen molar-refractivity contribution in [3.63, 3.8) is 0 Å². The number of nitrogens with two attached hydrogens (primary N) is 1. The third kappa shape index (κ3) is 3.73. The van der Waals surface area contributed by atoms with Crippen LogP contribution in [0.4, 0.5) is 0 Å². The first kappa shape index (κ1) is 9.21. The van der Waals surface area contributed by atoms with Crippen molar-refractivity contribution >= 4 is 11.8 Å². The molecule has 0 aliphatic carbocycles. The van der Waals surface area contributed by atoms with Gasteiger partial charge in [0.05, 0.1) is 6.61 Å². The largest absolute Gasteiger partial charge is 0.381 e. The molecule has 0 spiro atoms. The second kappa shape index (κ2) is 4.09. The zero-order valence-corrected chi connectivity index (χ0v) is 6.74. The Morgan fingerprint density at radius 2 is 2.00 bits per heavy atom. The van der Waals surface area contributed by atoms with Gasteiger partial charge in [0.25, 0.3) is 0 Å². The summed E-state index contributed by atoms with van der Waals surface area (Å²) >= 11 is 4.14. The molecule has 9 heavy (non-hydrogen) atoms. The summed E-state index contributed by atoms with van der Waals surface area (Å²) in [7, 11) is 0. The number of halogens is 1.